The molecule has 2 aliphatic heterocycles. The first-order valence-corrected chi connectivity index (χ1v) is 9.12. The second-order valence-electron chi connectivity index (χ2n) is 7.40. The van der Waals surface area contributed by atoms with Gasteiger partial charge in [-0.1, -0.05) is 0 Å². The maximum absolute atomic E-state index is 5.84. The van der Waals surface area contributed by atoms with Gasteiger partial charge in [-0.3, -0.25) is 0 Å². The monoisotopic (exact) mass is 333 g/mol. The molecule has 0 unspecified atom stereocenters. The van der Waals surface area contributed by atoms with E-state index in [0.717, 1.165) is 63.4 Å². The molecule has 0 saturated carbocycles. The Hall–Kier alpha value is -1.40. The normalized spacial score (nSPS) is 22.3. The van der Waals surface area contributed by atoms with Gasteiger partial charge in [0.05, 0.1) is 13.2 Å². The third-order valence-electron chi connectivity index (χ3n) is 5.00. The SMILES string of the molecule is Cc1nc(N2CCCC2)nc(N2CCOC[C@H](CN(C)C)C2)c1C. The van der Waals surface area contributed by atoms with E-state index in [4.69, 9.17) is 14.7 Å². The second-order valence-corrected chi connectivity index (χ2v) is 7.40. The quantitative estimate of drug-likeness (QED) is 0.836. The average Bonchev–Trinajstić information content (AvgIpc) is 2.97. The van der Waals surface area contributed by atoms with E-state index in [9.17, 15) is 0 Å². The van der Waals surface area contributed by atoms with E-state index in [1.54, 1.807) is 0 Å². The highest BCUT2D eigenvalue weighted by molar-refractivity contribution is 5.53. The van der Waals surface area contributed by atoms with E-state index >= 15 is 0 Å². The molecule has 1 aromatic heterocycles. The summed E-state index contributed by atoms with van der Waals surface area (Å²) in [6, 6.07) is 0. The van der Waals surface area contributed by atoms with E-state index in [2.05, 4.69) is 42.6 Å². The van der Waals surface area contributed by atoms with E-state index in [1.165, 1.54) is 18.4 Å². The van der Waals surface area contributed by atoms with Crippen molar-refractivity contribution in [1.82, 2.24) is 14.9 Å². The molecule has 0 spiro atoms. The van der Waals surface area contributed by atoms with Crippen molar-refractivity contribution >= 4 is 11.8 Å². The molecule has 134 valence electrons. The number of hydrogen-bond acceptors (Lipinski definition) is 6. The van der Waals surface area contributed by atoms with Gasteiger partial charge in [0.2, 0.25) is 5.95 Å². The summed E-state index contributed by atoms with van der Waals surface area (Å²) in [4.78, 5) is 16.7. The fraction of sp³-hybridized carbons (Fsp3) is 0.778. The van der Waals surface area contributed by atoms with Crippen LogP contribution in [0.4, 0.5) is 11.8 Å². The van der Waals surface area contributed by atoms with Gasteiger partial charge in [-0.25, -0.2) is 4.98 Å². The first kappa shape index (κ1) is 17.4. The predicted octanol–water partition coefficient (Wildman–Crippen LogP) is 1.71. The Labute approximate surface area is 145 Å². The molecule has 1 atom stereocenters. The molecule has 3 rings (SSSR count). The van der Waals surface area contributed by atoms with Gasteiger partial charge < -0.3 is 19.4 Å². The molecular formula is C18H31N5O. The van der Waals surface area contributed by atoms with Crippen molar-refractivity contribution in [3.63, 3.8) is 0 Å². The summed E-state index contributed by atoms with van der Waals surface area (Å²) in [5.74, 6) is 2.51. The zero-order valence-corrected chi connectivity index (χ0v) is 15.6. The molecule has 2 aliphatic rings. The summed E-state index contributed by atoms with van der Waals surface area (Å²) in [6.07, 6.45) is 2.49. The van der Waals surface area contributed by atoms with Crippen LogP contribution in [0, 0.1) is 19.8 Å². The van der Waals surface area contributed by atoms with Crippen molar-refractivity contribution in [3.8, 4) is 0 Å². The molecule has 0 aliphatic carbocycles. The lowest BCUT2D eigenvalue weighted by molar-refractivity contribution is 0.113. The number of hydrogen-bond donors (Lipinski definition) is 0. The zero-order chi connectivity index (χ0) is 17.1. The highest BCUT2D eigenvalue weighted by Crippen LogP contribution is 2.26. The van der Waals surface area contributed by atoms with Crippen molar-refractivity contribution in [2.45, 2.75) is 26.7 Å². The van der Waals surface area contributed by atoms with Gasteiger partial charge in [-0.05, 0) is 40.8 Å². The van der Waals surface area contributed by atoms with Gasteiger partial charge in [0.15, 0.2) is 0 Å². The molecule has 24 heavy (non-hydrogen) atoms. The van der Waals surface area contributed by atoms with Crippen LogP contribution in [0.5, 0.6) is 0 Å². The Bertz CT molecular complexity index is 557. The standard InChI is InChI=1S/C18H31N5O/c1-14-15(2)19-18(22-7-5-6-8-22)20-17(14)23-9-10-24-13-16(12-23)11-21(3)4/h16H,5-13H2,1-4H3/t16-/m1/s1. The van der Waals surface area contributed by atoms with Crippen molar-refractivity contribution in [2.75, 3.05) is 69.8 Å². The second kappa shape index (κ2) is 7.66. The van der Waals surface area contributed by atoms with Crippen molar-refractivity contribution in [2.24, 2.45) is 5.92 Å². The maximum atomic E-state index is 5.84. The van der Waals surface area contributed by atoms with Crippen LogP contribution >= 0.6 is 0 Å². The van der Waals surface area contributed by atoms with Gasteiger partial charge in [-0.15, -0.1) is 0 Å². The Morgan fingerprint density at radius 3 is 2.54 bits per heavy atom. The molecule has 0 aromatic carbocycles. The van der Waals surface area contributed by atoms with Gasteiger partial charge in [0, 0.05) is 49.9 Å². The molecule has 2 fully saturated rings. The maximum Gasteiger partial charge on any atom is 0.227 e. The van der Waals surface area contributed by atoms with Crippen LogP contribution in [0.15, 0.2) is 0 Å². The highest BCUT2D eigenvalue weighted by atomic mass is 16.5. The molecule has 2 saturated heterocycles. The topological polar surface area (TPSA) is 44.7 Å². The third kappa shape index (κ3) is 3.98. The Morgan fingerprint density at radius 1 is 1.08 bits per heavy atom. The number of aromatic nitrogens is 2. The summed E-state index contributed by atoms with van der Waals surface area (Å²) in [5, 5.41) is 0. The van der Waals surface area contributed by atoms with Crippen LogP contribution in [0.2, 0.25) is 0 Å². The van der Waals surface area contributed by atoms with E-state index in [-0.39, 0.29) is 0 Å². The molecule has 0 amide bonds. The van der Waals surface area contributed by atoms with Crippen molar-refractivity contribution in [1.29, 1.82) is 0 Å². The smallest absolute Gasteiger partial charge is 0.227 e. The lowest BCUT2D eigenvalue weighted by Crippen LogP contribution is -2.36. The molecule has 0 N–H and O–H groups in total. The molecule has 0 radical (unpaired) electrons. The van der Waals surface area contributed by atoms with E-state index in [0.29, 0.717) is 5.92 Å². The van der Waals surface area contributed by atoms with Crippen LogP contribution in [0.25, 0.3) is 0 Å². The molecule has 1 aromatic rings. The Morgan fingerprint density at radius 2 is 1.83 bits per heavy atom. The number of aryl methyl sites for hydroxylation is 1. The largest absolute Gasteiger partial charge is 0.379 e. The number of ether oxygens (including phenoxy) is 1. The summed E-state index contributed by atoms with van der Waals surface area (Å²) >= 11 is 0. The van der Waals surface area contributed by atoms with Crippen LogP contribution in [0.1, 0.15) is 24.1 Å². The fourth-order valence-corrected chi connectivity index (χ4v) is 3.67. The number of nitrogens with zero attached hydrogens (tertiary/aromatic N) is 5. The minimum absolute atomic E-state index is 0.507. The summed E-state index contributed by atoms with van der Waals surface area (Å²) in [7, 11) is 4.25. The molecule has 6 heteroatoms. The van der Waals surface area contributed by atoms with Gasteiger partial charge in [0.1, 0.15) is 5.82 Å². The van der Waals surface area contributed by atoms with Crippen LogP contribution in [0.3, 0.4) is 0 Å². The van der Waals surface area contributed by atoms with Crippen molar-refractivity contribution < 1.29 is 4.74 Å². The lowest BCUT2D eigenvalue weighted by Gasteiger charge is -2.29. The van der Waals surface area contributed by atoms with Gasteiger partial charge >= 0.3 is 0 Å². The fourth-order valence-electron chi connectivity index (χ4n) is 3.67. The van der Waals surface area contributed by atoms with E-state index in [1.807, 2.05) is 0 Å². The molecule has 6 nitrogen and oxygen atoms in total. The molecule has 0 bridgehead atoms. The molecular weight excluding hydrogens is 302 g/mol. The minimum atomic E-state index is 0.507. The zero-order valence-electron chi connectivity index (χ0n) is 15.6. The first-order valence-electron chi connectivity index (χ1n) is 9.12. The first-order chi connectivity index (χ1) is 11.5. The average molecular weight is 333 g/mol. The Kier molecular flexibility index (Phi) is 5.56. The molecule has 3 heterocycles. The van der Waals surface area contributed by atoms with E-state index < -0.39 is 0 Å². The van der Waals surface area contributed by atoms with Crippen molar-refractivity contribution in [3.05, 3.63) is 11.3 Å². The number of anilines is 2. The minimum Gasteiger partial charge on any atom is -0.379 e. The van der Waals surface area contributed by atoms with Crippen LogP contribution in [-0.2, 0) is 4.74 Å². The van der Waals surface area contributed by atoms with Gasteiger partial charge in [-0.2, -0.15) is 4.98 Å². The van der Waals surface area contributed by atoms with Crippen LogP contribution in [-0.4, -0.2) is 74.9 Å². The van der Waals surface area contributed by atoms with Gasteiger partial charge in [0.25, 0.3) is 0 Å². The van der Waals surface area contributed by atoms with Crippen LogP contribution < -0.4 is 9.80 Å². The Balaban J connectivity index is 1.85. The summed E-state index contributed by atoms with van der Waals surface area (Å²) in [6.45, 7) is 10.9. The summed E-state index contributed by atoms with van der Waals surface area (Å²) in [5.41, 5.74) is 2.29. The highest BCUT2D eigenvalue weighted by Gasteiger charge is 2.24. The summed E-state index contributed by atoms with van der Waals surface area (Å²) < 4.78 is 5.84. The lowest BCUT2D eigenvalue weighted by atomic mass is 10.1. The number of rotatable bonds is 4. The third-order valence-corrected chi connectivity index (χ3v) is 5.00. The predicted molar refractivity (Wildman–Crippen MR) is 98.0 cm³/mol.